The average Bonchev–Trinajstić information content (AvgIpc) is 3.09. The average molecular weight is 315 g/mol. The van der Waals surface area contributed by atoms with Crippen LogP contribution in [0.4, 0.5) is 5.82 Å². The third kappa shape index (κ3) is 2.67. The minimum Gasteiger partial charge on any atom is -0.380 e. The second kappa shape index (κ2) is 5.58. The van der Waals surface area contributed by atoms with E-state index in [2.05, 4.69) is 5.16 Å². The Balaban J connectivity index is 1.71. The molecule has 0 amide bonds. The van der Waals surface area contributed by atoms with Gasteiger partial charge in [-0.3, -0.25) is 0 Å². The normalized spacial score (nSPS) is 25.5. The van der Waals surface area contributed by atoms with Crippen molar-refractivity contribution in [2.75, 3.05) is 25.4 Å². The number of anilines is 1. The van der Waals surface area contributed by atoms with E-state index in [1.165, 1.54) is 4.31 Å². The van der Waals surface area contributed by atoms with Crippen molar-refractivity contribution in [3.8, 4) is 0 Å². The standard InChI is InChI=1S/C13H21N3O4S/c1-9-12(13(14)15-20-9)21(17,18)16-6-4-10(5-7-16)11-3-2-8-19-11/h10-11H,2-8H2,1H3,(H2,14,15). The van der Waals surface area contributed by atoms with Gasteiger partial charge in [0.1, 0.15) is 0 Å². The molecule has 8 heteroatoms. The van der Waals surface area contributed by atoms with Crippen LogP contribution in [0, 0.1) is 12.8 Å². The Labute approximate surface area is 124 Å². The largest absolute Gasteiger partial charge is 0.380 e. The van der Waals surface area contributed by atoms with Crippen LogP contribution in [0.25, 0.3) is 0 Å². The molecule has 2 aliphatic rings. The first-order chi connectivity index (χ1) is 10.00. The molecule has 2 aliphatic heterocycles. The number of hydrogen-bond donors (Lipinski definition) is 1. The van der Waals surface area contributed by atoms with Gasteiger partial charge in [0, 0.05) is 19.7 Å². The minimum atomic E-state index is -3.62. The van der Waals surface area contributed by atoms with Crippen LogP contribution in [0.5, 0.6) is 0 Å². The number of ether oxygens (including phenoxy) is 1. The quantitative estimate of drug-likeness (QED) is 0.898. The maximum Gasteiger partial charge on any atom is 0.250 e. The van der Waals surface area contributed by atoms with Gasteiger partial charge in [0.05, 0.1) is 6.10 Å². The molecule has 1 aromatic heterocycles. The van der Waals surface area contributed by atoms with Gasteiger partial charge < -0.3 is 15.0 Å². The van der Waals surface area contributed by atoms with Crippen molar-refractivity contribution in [2.24, 2.45) is 5.92 Å². The lowest BCUT2D eigenvalue weighted by molar-refractivity contribution is 0.0425. The van der Waals surface area contributed by atoms with E-state index >= 15 is 0 Å². The summed E-state index contributed by atoms with van der Waals surface area (Å²) in [6.07, 6.45) is 4.16. The predicted octanol–water partition coefficient (Wildman–Crippen LogP) is 1.14. The Hall–Kier alpha value is -1.12. The van der Waals surface area contributed by atoms with E-state index in [1.54, 1.807) is 6.92 Å². The summed E-state index contributed by atoms with van der Waals surface area (Å²) in [6.45, 7) is 3.39. The van der Waals surface area contributed by atoms with Crippen LogP contribution < -0.4 is 5.73 Å². The molecule has 0 aliphatic carbocycles. The number of sulfonamides is 1. The monoisotopic (exact) mass is 315 g/mol. The highest BCUT2D eigenvalue weighted by Gasteiger charge is 2.36. The number of aromatic nitrogens is 1. The van der Waals surface area contributed by atoms with E-state index in [4.69, 9.17) is 15.0 Å². The summed E-state index contributed by atoms with van der Waals surface area (Å²) >= 11 is 0. The lowest BCUT2D eigenvalue weighted by Crippen LogP contribution is -2.41. The summed E-state index contributed by atoms with van der Waals surface area (Å²) in [5.41, 5.74) is 5.63. The van der Waals surface area contributed by atoms with Crippen molar-refractivity contribution in [3.05, 3.63) is 5.76 Å². The minimum absolute atomic E-state index is 0.0121. The van der Waals surface area contributed by atoms with Gasteiger partial charge in [0.25, 0.3) is 0 Å². The molecule has 2 saturated heterocycles. The van der Waals surface area contributed by atoms with Gasteiger partial charge in [-0.15, -0.1) is 0 Å². The Morgan fingerprint density at radius 1 is 1.29 bits per heavy atom. The van der Waals surface area contributed by atoms with E-state index in [0.29, 0.717) is 25.1 Å². The fourth-order valence-corrected chi connectivity index (χ4v) is 4.94. The van der Waals surface area contributed by atoms with Crippen LogP contribution in [0.2, 0.25) is 0 Å². The van der Waals surface area contributed by atoms with Gasteiger partial charge >= 0.3 is 0 Å². The van der Waals surface area contributed by atoms with Crippen molar-refractivity contribution >= 4 is 15.8 Å². The maximum absolute atomic E-state index is 12.6. The smallest absolute Gasteiger partial charge is 0.250 e. The first kappa shape index (κ1) is 14.8. The molecule has 2 N–H and O–H groups in total. The van der Waals surface area contributed by atoms with Crippen LogP contribution in [0.15, 0.2) is 9.42 Å². The van der Waals surface area contributed by atoms with E-state index in [0.717, 1.165) is 32.3 Å². The van der Waals surface area contributed by atoms with E-state index in [-0.39, 0.29) is 16.5 Å². The molecule has 7 nitrogen and oxygen atoms in total. The van der Waals surface area contributed by atoms with Crippen molar-refractivity contribution in [1.29, 1.82) is 0 Å². The molecule has 0 radical (unpaired) electrons. The van der Waals surface area contributed by atoms with Crippen LogP contribution in [-0.2, 0) is 14.8 Å². The maximum atomic E-state index is 12.6. The number of piperidine rings is 1. The van der Waals surface area contributed by atoms with Gasteiger partial charge in [-0.1, -0.05) is 5.16 Å². The first-order valence-corrected chi connectivity index (χ1v) is 8.77. The van der Waals surface area contributed by atoms with Crippen molar-refractivity contribution in [1.82, 2.24) is 9.46 Å². The number of aryl methyl sites for hydroxylation is 1. The fourth-order valence-electron chi connectivity index (χ4n) is 3.29. The summed E-state index contributed by atoms with van der Waals surface area (Å²) in [5.74, 6) is 0.641. The lowest BCUT2D eigenvalue weighted by Gasteiger charge is -2.33. The third-order valence-electron chi connectivity index (χ3n) is 4.42. The number of nitrogen functional groups attached to an aromatic ring is 1. The topological polar surface area (TPSA) is 98.7 Å². The lowest BCUT2D eigenvalue weighted by atomic mass is 9.91. The predicted molar refractivity (Wildman–Crippen MR) is 76.1 cm³/mol. The summed E-state index contributed by atoms with van der Waals surface area (Å²) in [6, 6.07) is 0. The molecule has 1 atom stereocenters. The van der Waals surface area contributed by atoms with Crippen molar-refractivity contribution in [3.63, 3.8) is 0 Å². The highest BCUT2D eigenvalue weighted by molar-refractivity contribution is 7.89. The molecule has 0 spiro atoms. The van der Waals surface area contributed by atoms with Gasteiger partial charge in [0.15, 0.2) is 16.5 Å². The van der Waals surface area contributed by atoms with Crippen LogP contribution >= 0.6 is 0 Å². The van der Waals surface area contributed by atoms with Crippen LogP contribution in [0.3, 0.4) is 0 Å². The fraction of sp³-hybridized carbons (Fsp3) is 0.769. The van der Waals surface area contributed by atoms with E-state index in [9.17, 15) is 8.42 Å². The van der Waals surface area contributed by atoms with Gasteiger partial charge in [0.2, 0.25) is 10.0 Å². The molecule has 118 valence electrons. The number of rotatable bonds is 3. The Kier molecular flexibility index (Phi) is 3.94. The molecular weight excluding hydrogens is 294 g/mol. The number of nitrogens with zero attached hydrogens (tertiary/aromatic N) is 2. The van der Waals surface area contributed by atoms with Crippen LogP contribution in [-0.4, -0.2) is 43.7 Å². The molecule has 21 heavy (non-hydrogen) atoms. The van der Waals surface area contributed by atoms with Gasteiger partial charge in [-0.2, -0.15) is 4.31 Å². The molecule has 0 saturated carbocycles. The third-order valence-corrected chi connectivity index (χ3v) is 6.48. The Morgan fingerprint density at radius 3 is 2.52 bits per heavy atom. The molecule has 3 rings (SSSR count). The second-order valence-electron chi connectivity index (χ2n) is 5.75. The highest BCUT2D eigenvalue weighted by atomic mass is 32.2. The van der Waals surface area contributed by atoms with Crippen molar-refractivity contribution < 1.29 is 17.7 Å². The zero-order valence-corrected chi connectivity index (χ0v) is 12.9. The van der Waals surface area contributed by atoms with Gasteiger partial charge in [-0.05, 0) is 38.5 Å². The zero-order valence-electron chi connectivity index (χ0n) is 12.1. The highest BCUT2D eigenvalue weighted by Crippen LogP contribution is 2.32. The van der Waals surface area contributed by atoms with Gasteiger partial charge in [-0.25, -0.2) is 8.42 Å². The van der Waals surface area contributed by atoms with Crippen molar-refractivity contribution in [2.45, 2.75) is 43.6 Å². The number of nitrogens with two attached hydrogens (primary N) is 1. The molecular formula is C13H21N3O4S. The summed E-state index contributed by atoms with van der Waals surface area (Å²) < 4.78 is 37.3. The van der Waals surface area contributed by atoms with E-state index in [1.807, 2.05) is 0 Å². The molecule has 2 fully saturated rings. The molecule has 3 heterocycles. The molecule has 1 aromatic rings. The Bertz CT molecular complexity index is 579. The summed E-state index contributed by atoms with van der Waals surface area (Å²) in [5, 5.41) is 3.53. The second-order valence-corrected chi connectivity index (χ2v) is 7.62. The molecule has 0 aromatic carbocycles. The SMILES string of the molecule is Cc1onc(N)c1S(=O)(=O)N1CCC(C2CCCO2)CC1. The summed E-state index contributed by atoms with van der Waals surface area (Å²) in [4.78, 5) is 0.0121. The van der Waals surface area contributed by atoms with Crippen LogP contribution in [0.1, 0.15) is 31.4 Å². The molecule has 0 bridgehead atoms. The van der Waals surface area contributed by atoms with E-state index < -0.39 is 10.0 Å². The summed E-state index contributed by atoms with van der Waals surface area (Å²) in [7, 11) is -3.62. The Morgan fingerprint density at radius 2 is 2.00 bits per heavy atom. The molecule has 1 unspecified atom stereocenters. The zero-order chi connectivity index (χ0) is 15.0. The first-order valence-electron chi connectivity index (χ1n) is 7.33. The number of hydrogen-bond acceptors (Lipinski definition) is 6.